The van der Waals surface area contributed by atoms with Crippen LogP contribution in [-0.2, 0) is 20.2 Å². The van der Waals surface area contributed by atoms with E-state index < -0.39 is 42.8 Å². The Morgan fingerprint density at radius 2 is 0.833 bits per heavy atom. The van der Waals surface area contributed by atoms with E-state index in [1.807, 2.05) is 12.1 Å². The van der Waals surface area contributed by atoms with E-state index in [0.717, 1.165) is 0 Å². The number of halogens is 6. The SMILES string of the molecule is O=S(=O)(Oc1ccc2c3cc4c(cc3n3c5ccccc5c1c23)c1ccc(OS(=O)(=O)C(F)(F)F)c2c3ccccc3n4c12)C(F)(F)F. The van der Waals surface area contributed by atoms with Gasteiger partial charge < -0.3 is 17.2 Å². The third kappa shape index (κ3) is 3.55. The van der Waals surface area contributed by atoms with Crippen LogP contribution in [0.1, 0.15) is 0 Å². The van der Waals surface area contributed by atoms with Crippen LogP contribution >= 0.6 is 0 Å². The molecule has 0 atom stereocenters. The number of rotatable bonds is 4. The molecule has 242 valence electrons. The smallest absolute Gasteiger partial charge is 0.375 e. The fourth-order valence-corrected chi connectivity index (χ4v) is 7.85. The highest BCUT2D eigenvalue weighted by atomic mass is 32.2. The predicted molar refractivity (Wildman–Crippen MR) is 167 cm³/mol. The number of nitrogens with zero attached hydrogens (tertiary/aromatic N) is 2. The summed E-state index contributed by atoms with van der Waals surface area (Å²) >= 11 is 0. The third-order valence-corrected chi connectivity index (χ3v) is 10.6. The third-order valence-electron chi connectivity index (χ3n) is 8.70. The van der Waals surface area contributed by atoms with Crippen LogP contribution in [0, 0.1) is 0 Å². The minimum atomic E-state index is -5.99. The lowest BCUT2D eigenvalue weighted by atomic mass is 10.0. The zero-order valence-electron chi connectivity index (χ0n) is 23.5. The Morgan fingerprint density at radius 3 is 1.21 bits per heavy atom. The molecule has 0 saturated carbocycles. The summed E-state index contributed by atoms with van der Waals surface area (Å²) in [5.41, 5.74) is -8.13. The summed E-state index contributed by atoms with van der Waals surface area (Å²) in [6, 6.07) is 22.4. The van der Waals surface area contributed by atoms with Gasteiger partial charge in [-0.2, -0.15) is 43.2 Å². The van der Waals surface area contributed by atoms with Crippen molar-refractivity contribution in [3.8, 4) is 11.5 Å². The minimum absolute atomic E-state index is 0.161. The zero-order chi connectivity index (χ0) is 33.7. The van der Waals surface area contributed by atoms with Crippen molar-refractivity contribution < 1.29 is 51.5 Å². The largest absolute Gasteiger partial charge is 0.534 e. The maximum Gasteiger partial charge on any atom is 0.534 e. The second-order valence-corrected chi connectivity index (χ2v) is 14.3. The maximum absolute atomic E-state index is 13.3. The van der Waals surface area contributed by atoms with Crippen LogP contribution in [0.25, 0.3) is 76.2 Å². The quantitative estimate of drug-likeness (QED) is 0.104. The molecule has 0 aliphatic carbocycles. The highest BCUT2D eigenvalue weighted by molar-refractivity contribution is 7.88. The molecule has 4 heterocycles. The van der Waals surface area contributed by atoms with E-state index in [2.05, 4.69) is 8.37 Å². The van der Waals surface area contributed by atoms with Crippen molar-refractivity contribution in [1.29, 1.82) is 0 Å². The molecule has 4 aromatic heterocycles. The number of aromatic nitrogens is 2. The molecule has 0 aliphatic heterocycles. The molecule has 48 heavy (non-hydrogen) atoms. The van der Waals surface area contributed by atoms with E-state index in [-0.39, 0.29) is 10.8 Å². The van der Waals surface area contributed by atoms with Gasteiger partial charge in [-0.25, -0.2) is 0 Å². The van der Waals surface area contributed by atoms with Crippen LogP contribution in [-0.4, -0.2) is 36.7 Å². The molecule has 0 N–H and O–H groups in total. The Balaban J connectivity index is 1.41. The second kappa shape index (κ2) is 8.82. The Morgan fingerprint density at radius 1 is 0.458 bits per heavy atom. The average Bonchev–Trinajstić information content (AvgIpc) is 3.72. The lowest BCUT2D eigenvalue weighted by Gasteiger charge is -2.10. The summed E-state index contributed by atoms with van der Waals surface area (Å²) in [5, 5.41) is 3.63. The average molecular weight is 701 g/mol. The lowest BCUT2D eigenvalue weighted by Crippen LogP contribution is -2.28. The van der Waals surface area contributed by atoms with E-state index >= 15 is 0 Å². The summed E-state index contributed by atoms with van der Waals surface area (Å²) in [6.07, 6.45) is 0. The van der Waals surface area contributed by atoms with Crippen molar-refractivity contribution in [2.45, 2.75) is 11.0 Å². The number of benzene rings is 5. The van der Waals surface area contributed by atoms with Crippen molar-refractivity contribution >= 4 is 96.4 Å². The Hall–Kier alpha value is -5.22. The lowest BCUT2D eigenvalue weighted by molar-refractivity contribution is -0.0504. The molecule has 0 unspecified atom stereocenters. The van der Waals surface area contributed by atoms with Gasteiger partial charge in [0.25, 0.3) is 0 Å². The molecule has 0 fully saturated rings. The number of hydrogen-bond donors (Lipinski definition) is 0. The molecule has 9 aromatic rings. The van der Waals surface area contributed by atoms with Gasteiger partial charge in [0.05, 0.1) is 43.9 Å². The van der Waals surface area contributed by atoms with Gasteiger partial charge in [-0.05, 0) is 48.5 Å². The van der Waals surface area contributed by atoms with Crippen molar-refractivity contribution in [2.24, 2.45) is 0 Å². The fraction of sp³-hybridized carbons (Fsp3) is 0.0625. The monoisotopic (exact) mass is 700 g/mol. The molecule has 0 saturated heterocycles. The van der Waals surface area contributed by atoms with Gasteiger partial charge in [0.15, 0.2) is 11.5 Å². The van der Waals surface area contributed by atoms with Gasteiger partial charge in [0.1, 0.15) is 0 Å². The molecule has 16 heteroatoms. The van der Waals surface area contributed by atoms with Crippen LogP contribution in [0.4, 0.5) is 26.3 Å². The van der Waals surface area contributed by atoms with E-state index in [1.165, 1.54) is 24.3 Å². The van der Waals surface area contributed by atoms with Crippen LogP contribution in [0.15, 0.2) is 84.9 Å². The molecule has 8 nitrogen and oxygen atoms in total. The van der Waals surface area contributed by atoms with Gasteiger partial charge in [-0.3, -0.25) is 0 Å². The van der Waals surface area contributed by atoms with E-state index in [9.17, 15) is 43.2 Å². The molecule has 0 amide bonds. The maximum atomic E-state index is 13.3. The van der Waals surface area contributed by atoms with Gasteiger partial charge in [-0.1, -0.05) is 36.4 Å². The number of hydrogen-bond acceptors (Lipinski definition) is 6. The minimum Gasteiger partial charge on any atom is -0.375 e. The van der Waals surface area contributed by atoms with Gasteiger partial charge in [0.2, 0.25) is 0 Å². The molecule has 0 spiro atoms. The normalized spacial score (nSPS) is 14.0. The van der Waals surface area contributed by atoms with Gasteiger partial charge >= 0.3 is 31.3 Å². The first-order chi connectivity index (χ1) is 22.6. The Bertz CT molecular complexity index is 2860. The first-order valence-electron chi connectivity index (χ1n) is 13.9. The first kappa shape index (κ1) is 29.0. The standard InChI is InChI=1S/C32H14F6N2O6S2/c33-31(34,35)47(41,42)45-25-11-9-15-19-14-24-20(13-23(19)39-21-7-3-1-5-17(21)27(25)29(15)39)16-10-12-26(46-48(43,44)32(36,37)38)28-18-6-2-4-8-22(18)40(24)30(16)28/h1-14H. The number of para-hydroxylation sites is 2. The fourth-order valence-electron chi connectivity index (χ4n) is 6.91. The van der Waals surface area contributed by atoms with Crippen LogP contribution in [0.2, 0.25) is 0 Å². The summed E-state index contributed by atoms with van der Waals surface area (Å²) in [5.74, 6) is -0.989. The van der Waals surface area contributed by atoms with Crippen molar-refractivity contribution in [3.63, 3.8) is 0 Å². The van der Waals surface area contributed by atoms with Crippen LogP contribution in [0.3, 0.4) is 0 Å². The molecule has 9 rings (SSSR count). The van der Waals surface area contributed by atoms with E-state index in [4.69, 9.17) is 0 Å². The summed E-state index contributed by atoms with van der Waals surface area (Å²) in [4.78, 5) is 0. The molecule has 0 radical (unpaired) electrons. The highest BCUT2D eigenvalue weighted by Gasteiger charge is 2.50. The molecular formula is C32H14F6N2O6S2. The molecule has 5 aromatic carbocycles. The van der Waals surface area contributed by atoms with E-state index in [0.29, 0.717) is 65.4 Å². The summed E-state index contributed by atoms with van der Waals surface area (Å²) in [6.45, 7) is 0. The first-order valence-corrected chi connectivity index (χ1v) is 16.7. The van der Waals surface area contributed by atoms with Crippen molar-refractivity contribution in [1.82, 2.24) is 8.80 Å². The number of alkyl halides is 6. The zero-order valence-corrected chi connectivity index (χ0v) is 25.1. The van der Waals surface area contributed by atoms with Crippen LogP contribution in [0.5, 0.6) is 11.5 Å². The van der Waals surface area contributed by atoms with Gasteiger partial charge in [0, 0.05) is 32.3 Å². The molecule has 0 aliphatic rings. The highest BCUT2D eigenvalue weighted by Crippen LogP contribution is 2.48. The molecule has 0 bridgehead atoms. The molecular weight excluding hydrogens is 686 g/mol. The van der Waals surface area contributed by atoms with E-state index in [1.54, 1.807) is 57.3 Å². The Labute approximate surface area is 263 Å². The summed E-state index contributed by atoms with van der Waals surface area (Å²) in [7, 11) is -12.0. The number of fused-ring (bicyclic) bond motifs is 12. The topological polar surface area (TPSA) is 95.6 Å². The van der Waals surface area contributed by atoms with Crippen LogP contribution < -0.4 is 8.37 Å². The summed E-state index contributed by atoms with van der Waals surface area (Å²) < 4.78 is 141. The van der Waals surface area contributed by atoms with Crippen molar-refractivity contribution in [2.75, 3.05) is 0 Å². The van der Waals surface area contributed by atoms with Crippen molar-refractivity contribution in [3.05, 3.63) is 84.9 Å². The predicted octanol–water partition coefficient (Wildman–Crippen LogP) is 8.44. The van der Waals surface area contributed by atoms with Gasteiger partial charge in [-0.15, -0.1) is 0 Å². The Kier molecular flexibility index (Phi) is 5.32. The second-order valence-electron chi connectivity index (χ2n) is 11.2.